The molecule has 0 spiro atoms. The quantitative estimate of drug-likeness (QED) is 0.727. The van der Waals surface area contributed by atoms with Crippen molar-refractivity contribution in [3.8, 4) is 0 Å². The monoisotopic (exact) mass is 257 g/mol. The first-order valence-electron chi connectivity index (χ1n) is 5.46. The Labute approximate surface area is 108 Å². The summed E-state index contributed by atoms with van der Waals surface area (Å²) in [6.07, 6.45) is 3.67. The highest BCUT2D eigenvalue weighted by Gasteiger charge is 2.05. The van der Waals surface area contributed by atoms with Gasteiger partial charge in [0.25, 0.3) is 0 Å². The standard InChI is InChI=1S/C12H11N5S/c13-10-7-9(4-5-14-10)8-18-12-16-15-11-3-1-2-6-17(11)12/h1-7H,8H2,(H2,13,14). The summed E-state index contributed by atoms with van der Waals surface area (Å²) in [5, 5.41) is 9.14. The number of pyridine rings is 2. The first kappa shape index (κ1) is 11.0. The number of hydrogen-bond donors (Lipinski definition) is 1. The number of fused-ring (bicyclic) bond motifs is 1. The van der Waals surface area contributed by atoms with Gasteiger partial charge in [0.1, 0.15) is 5.82 Å². The molecule has 2 N–H and O–H groups in total. The number of aromatic nitrogens is 4. The van der Waals surface area contributed by atoms with Crippen LogP contribution in [-0.4, -0.2) is 19.6 Å². The van der Waals surface area contributed by atoms with Gasteiger partial charge < -0.3 is 5.73 Å². The van der Waals surface area contributed by atoms with E-state index in [1.165, 1.54) is 0 Å². The molecule has 0 saturated carbocycles. The van der Waals surface area contributed by atoms with E-state index >= 15 is 0 Å². The second kappa shape index (κ2) is 4.66. The van der Waals surface area contributed by atoms with Gasteiger partial charge in [-0.1, -0.05) is 17.8 Å². The largest absolute Gasteiger partial charge is 0.384 e. The maximum absolute atomic E-state index is 5.64. The van der Waals surface area contributed by atoms with E-state index < -0.39 is 0 Å². The zero-order valence-corrected chi connectivity index (χ0v) is 10.3. The van der Waals surface area contributed by atoms with Gasteiger partial charge in [0, 0.05) is 18.1 Å². The zero-order valence-electron chi connectivity index (χ0n) is 9.52. The summed E-state index contributed by atoms with van der Waals surface area (Å²) in [7, 11) is 0. The molecule has 90 valence electrons. The van der Waals surface area contributed by atoms with Gasteiger partial charge in [0.2, 0.25) is 0 Å². The van der Waals surface area contributed by atoms with Crippen LogP contribution in [0.4, 0.5) is 5.82 Å². The Kier molecular flexibility index (Phi) is 2.85. The number of hydrogen-bond acceptors (Lipinski definition) is 5. The molecule has 0 aromatic carbocycles. The second-order valence-electron chi connectivity index (χ2n) is 3.79. The molecule has 18 heavy (non-hydrogen) atoms. The minimum absolute atomic E-state index is 0.541. The Morgan fingerprint density at radius 2 is 2.17 bits per heavy atom. The van der Waals surface area contributed by atoms with Crippen molar-refractivity contribution in [3.63, 3.8) is 0 Å². The molecule has 3 aromatic rings. The maximum Gasteiger partial charge on any atom is 0.195 e. The van der Waals surface area contributed by atoms with Crippen LogP contribution in [0.5, 0.6) is 0 Å². The molecule has 3 aromatic heterocycles. The number of anilines is 1. The fourth-order valence-electron chi connectivity index (χ4n) is 1.65. The van der Waals surface area contributed by atoms with Crippen LogP contribution in [0.15, 0.2) is 47.9 Å². The highest BCUT2D eigenvalue weighted by atomic mass is 32.2. The van der Waals surface area contributed by atoms with Crippen LogP contribution in [0.3, 0.4) is 0 Å². The van der Waals surface area contributed by atoms with Gasteiger partial charge in [-0.15, -0.1) is 10.2 Å². The van der Waals surface area contributed by atoms with Gasteiger partial charge in [0.15, 0.2) is 10.8 Å². The van der Waals surface area contributed by atoms with Gasteiger partial charge in [-0.3, -0.25) is 4.40 Å². The number of rotatable bonds is 3. The zero-order chi connectivity index (χ0) is 12.4. The van der Waals surface area contributed by atoms with E-state index in [-0.39, 0.29) is 0 Å². The second-order valence-corrected chi connectivity index (χ2v) is 4.73. The summed E-state index contributed by atoms with van der Waals surface area (Å²) in [5.41, 5.74) is 7.63. The fraction of sp³-hybridized carbons (Fsp3) is 0.0833. The van der Waals surface area contributed by atoms with Crippen LogP contribution in [0.1, 0.15) is 5.56 Å². The molecule has 0 unspecified atom stereocenters. The van der Waals surface area contributed by atoms with E-state index in [1.54, 1.807) is 18.0 Å². The lowest BCUT2D eigenvalue weighted by Gasteiger charge is -2.01. The summed E-state index contributed by atoms with van der Waals surface area (Å²) in [6.45, 7) is 0. The van der Waals surface area contributed by atoms with Crippen molar-refractivity contribution in [1.29, 1.82) is 0 Å². The molecule has 0 amide bonds. The van der Waals surface area contributed by atoms with Crippen molar-refractivity contribution in [2.45, 2.75) is 10.9 Å². The topological polar surface area (TPSA) is 69.1 Å². The molecule has 0 saturated heterocycles. The van der Waals surface area contributed by atoms with E-state index in [4.69, 9.17) is 5.73 Å². The van der Waals surface area contributed by atoms with E-state index in [1.807, 2.05) is 40.9 Å². The van der Waals surface area contributed by atoms with Crippen molar-refractivity contribution in [2.75, 3.05) is 5.73 Å². The number of nitrogens with zero attached hydrogens (tertiary/aromatic N) is 4. The predicted molar refractivity (Wildman–Crippen MR) is 71.2 cm³/mol. The molecule has 0 aliphatic rings. The summed E-state index contributed by atoms with van der Waals surface area (Å²) in [4.78, 5) is 3.97. The van der Waals surface area contributed by atoms with Crippen LogP contribution in [0, 0.1) is 0 Å². The molecule has 3 rings (SSSR count). The third-order valence-electron chi connectivity index (χ3n) is 2.50. The summed E-state index contributed by atoms with van der Waals surface area (Å²) in [5.74, 6) is 1.33. The Hall–Kier alpha value is -2.08. The first-order chi connectivity index (χ1) is 8.83. The lowest BCUT2D eigenvalue weighted by atomic mass is 10.3. The van der Waals surface area contributed by atoms with Gasteiger partial charge >= 0.3 is 0 Å². The van der Waals surface area contributed by atoms with Gasteiger partial charge in [-0.05, 0) is 29.8 Å². The lowest BCUT2D eigenvalue weighted by molar-refractivity contribution is 0.921. The molecular weight excluding hydrogens is 246 g/mol. The van der Waals surface area contributed by atoms with Crippen LogP contribution in [0.2, 0.25) is 0 Å². The third-order valence-corrected chi connectivity index (χ3v) is 3.51. The molecule has 3 heterocycles. The van der Waals surface area contributed by atoms with Crippen LogP contribution in [-0.2, 0) is 5.75 Å². The number of thioether (sulfide) groups is 1. The minimum Gasteiger partial charge on any atom is -0.384 e. The van der Waals surface area contributed by atoms with E-state index in [0.717, 1.165) is 22.1 Å². The molecule has 0 atom stereocenters. The number of nitrogen functional groups attached to an aromatic ring is 1. The van der Waals surface area contributed by atoms with Gasteiger partial charge in [0.05, 0.1) is 0 Å². The Morgan fingerprint density at radius 1 is 1.22 bits per heavy atom. The molecule has 6 heteroatoms. The molecule has 0 aliphatic carbocycles. The van der Waals surface area contributed by atoms with Crippen LogP contribution >= 0.6 is 11.8 Å². The summed E-state index contributed by atoms with van der Waals surface area (Å²) >= 11 is 1.62. The number of nitrogens with two attached hydrogens (primary N) is 1. The molecule has 0 fully saturated rings. The van der Waals surface area contributed by atoms with Crippen LogP contribution in [0.25, 0.3) is 5.65 Å². The molecular formula is C12H11N5S. The Morgan fingerprint density at radius 3 is 3.06 bits per heavy atom. The average Bonchev–Trinajstić information content (AvgIpc) is 2.80. The van der Waals surface area contributed by atoms with Crippen molar-refractivity contribution in [3.05, 3.63) is 48.3 Å². The van der Waals surface area contributed by atoms with Crippen molar-refractivity contribution in [1.82, 2.24) is 19.6 Å². The Balaban J connectivity index is 1.81. The first-order valence-corrected chi connectivity index (χ1v) is 6.44. The van der Waals surface area contributed by atoms with E-state index in [9.17, 15) is 0 Å². The van der Waals surface area contributed by atoms with Gasteiger partial charge in [-0.25, -0.2) is 4.98 Å². The maximum atomic E-state index is 5.64. The fourth-order valence-corrected chi connectivity index (χ4v) is 2.52. The van der Waals surface area contributed by atoms with E-state index in [0.29, 0.717) is 5.82 Å². The van der Waals surface area contributed by atoms with Crippen molar-refractivity contribution in [2.24, 2.45) is 0 Å². The normalized spacial score (nSPS) is 10.9. The molecule has 0 bridgehead atoms. The summed E-state index contributed by atoms with van der Waals surface area (Å²) in [6, 6.07) is 9.66. The molecule has 5 nitrogen and oxygen atoms in total. The van der Waals surface area contributed by atoms with Crippen LogP contribution < -0.4 is 5.73 Å². The summed E-state index contributed by atoms with van der Waals surface area (Å²) < 4.78 is 1.97. The SMILES string of the molecule is Nc1cc(CSc2nnc3ccccn23)ccn1. The minimum atomic E-state index is 0.541. The highest BCUT2D eigenvalue weighted by Crippen LogP contribution is 2.21. The highest BCUT2D eigenvalue weighted by molar-refractivity contribution is 7.98. The van der Waals surface area contributed by atoms with Gasteiger partial charge in [-0.2, -0.15) is 0 Å². The predicted octanol–water partition coefficient (Wildman–Crippen LogP) is 2.00. The smallest absolute Gasteiger partial charge is 0.195 e. The lowest BCUT2D eigenvalue weighted by Crippen LogP contribution is -1.92. The van der Waals surface area contributed by atoms with Crippen molar-refractivity contribution >= 4 is 23.2 Å². The third kappa shape index (κ3) is 2.14. The molecule has 0 radical (unpaired) electrons. The average molecular weight is 257 g/mol. The molecule has 0 aliphatic heterocycles. The van der Waals surface area contributed by atoms with Crippen molar-refractivity contribution < 1.29 is 0 Å². The Bertz CT molecular complexity index is 679. The van der Waals surface area contributed by atoms with E-state index in [2.05, 4.69) is 15.2 Å².